The first-order valence-corrected chi connectivity index (χ1v) is 7.69. The zero-order chi connectivity index (χ0) is 14.0. The zero-order valence-electron chi connectivity index (χ0n) is 11.9. The van der Waals surface area contributed by atoms with Gasteiger partial charge in [-0.05, 0) is 42.4 Å². The van der Waals surface area contributed by atoms with Crippen LogP contribution >= 0.6 is 0 Å². The summed E-state index contributed by atoms with van der Waals surface area (Å²) in [4.78, 5) is 14.4. The van der Waals surface area contributed by atoms with Crippen LogP contribution in [0.3, 0.4) is 0 Å². The molecule has 1 spiro atoms. The molecule has 108 valence electrons. The highest BCUT2D eigenvalue weighted by atomic mass is 19.1. The summed E-state index contributed by atoms with van der Waals surface area (Å²) in [5, 5.41) is 0. The summed E-state index contributed by atoms with van der Waals surface area (Å²) in [6.07, 6.45) is 8.13. The van der Waals surface area contributed by atoms with E-state index in [1.807, 2.05) is 4.90 Å². The average molecular weight is 275 g/mol. The summed E-state index contributed by atoms with van der Waals surface area (Å²) in [6.45, 7) is 1.84. The van der Waals surface area contributed by atoms with Crippen molar-refractivity contribution in [1.82, 2.24) is 4.90 Å². The summed E-state index contributed by atoms with van der Waals surface area (Å²) < 4.78 is 12.9. The fourth-order valence-electron chi connectivity index (χ4n) is 3.75. The van der Waals surface area contributed by atoms with E-state index < -0.39 is 0 Å². The lowest BCUT2D eigenvalue weighted by molar-refractivity contribution is -0.129. The molecule has 0 radical (unpaired) electrons. The number of carbonyl (C=O) groups is 1. The molecule has 0 aromatic heterocycles. The lowest BCUT2D eigenvalue weighted by Crippen LogP contribution is -2.34. The molecule has 3 rings (SSSR count). The molecule has 1 aromatic rings. The lowest BCUT2D eigenvalue weighted by atomic mass is 9.73. The second kappa shape index (κ2) is 5.55. The van der Waals surface area contributed by atoms with Gasteiger partial charge in [0.2, 0.25) is 5.91 Å². The van der Waals surface area contributed by atoms with Crippen molar-refractivity contribution in [3.05, 3.63) is 35.6 Å². The molecule has 0 bridgehead atoms. The number of hydrogen-bond donors (Lipinski definition) is 0. The molecule has 1 aliphatic heterocycles. The molecule has 1 amide bonds. The highest BCUT2D eigenvalue weighted by molar-refractivity contribution is 5.79. The van der Waals surface area contributed by atoms with Crippen LogP contribution in [0.1, 0.15) is 44.1 Å². The number of likely N-dealkylation sites (tertiary alicyclic amines) is 1. The van der Waals surface area contributed by atoms with Gasteiger partial charge in [0.05, 0.1) is 6.42 Å². The van der Waals surface area contributed by atoms with Gasteiger partial charge in [-0.15, -0.1) is 0 Å². The maximum atomic E-state index is 12.9. The van der Waals surface area contributed by atoms with Crippen molar-refractivity contribution in [2.24, 2.45) is 5.41 Å². The van der Waals surface area contributed by atoms with E-state index in [1.165, 1.54) is 50.7 Å². The molecule has 0 unspecified atom stereocenters. The SMILES string of the molecule is O=C(Cc1ccc(F)cc1)N1CCC2(CCCCC2)C1. The molecule has 20 heavy (non-hydrogen) atoms. The molecule has 1 aliphatic carbocycles. The van der Waals surface area contributed by atoms with Gasteiger partial charge in [0.25, 0.3) is 0 Å². The van der Waals surface area contributed by atoms with Gasteiger partial charge < -0.3 is 4.90 Å². The van der Waals surface area contributed by atoms with Gasteiger partial charge in [0.15, 0.2) is 0 Å². The fourth-order valence-corrected chi connectivity index (χ4v) is 3.75. The Morgan fingerprint density at radius 1 is 1.10 bits per heavy atom. The molecule has 1 saturated heterocycles. The van der Waals surface area contributed by atoms with Crippen molar-refractivity contribution in [3.63, 3.8) is 0 Å². The summed E-state index contributed by atoms with van der Waals surface area (Å²) in [6, 6.07) is 6.27. The zero-order valence-corrected chi connectivity index (χ0v) is 11.9. The largest absolute Gasteiger partial charge is 0.342 e. The quantitative estimate of drug-likeness (QED) is 0.808. The van der Waals surface area contributed by atoms with Crippen LogP contribution in [-0.4, -0.2) is 23.9 Å². The standard InChI is InChI=1S/C17H22FNO/c18-15-6-4-14(5-7-15)12-16(20)19-11-10-17(13-19)8-2-1-3-9-17/h4-7H,1-3,8-13H2. The number of amides is 1. The fraction of sp³-hybridized carbons (Fsp3) is 0.588. The van der Waals surface area contributed by atoms with E-state index in [4.69, 9.17) is 0 Å². The third kappa shape index (κ3) is 2.87. The maximum absolute atomic E-state index is 12.9. The molecule has 2 fully saturated rings. The minimum atomic E-state index is -0.247. The molecule has 3 heteroatoms. The second-order valence-electron chi connectivity index (χ2n) is 6.43. The van der Waals surface area contributed by atoms with Crippen LogP contribution in [0.5, 0.6) is 0 Å². The normalized spacial score (nSPS) is 21.4. The van der Waals surface area contributed by atoms with E-state index in [0.717, 1.165) is 18.7 Å². The minimum Gasteiger partial charge on any atom is -0.342 e. The van der Waals surface area contributed by atoms with Crippen molar-refractivity contribution in [2.75, 3.05) is 13.1 Å². The van der Waals surface area contributed by atoms with Crippen molar-refractivity contribution in [2.45, 2.75) is 44.9 Å². The molecule has 0 atom stereocenters. The van der Waals surface area contributed by atoms with Crippen molar-refractivity contribution < 1.29 is 9.18 Å². The third-order valence-electron chi connectivity index (χ3n) is 4.97. The molecule has 2 aliphatic rings. The number of hydrogen-bond acceptors (Lipinski definition) is 1. The van der Waals surface area contributed by atoms with Gasteiger partial charge in [-0.1, -0.05) is 31.4 Å². The van der Waals surface area contributed by atoms with E-state index in [-0.39, 0.29) is 11.7 Å². The number of nitrogens with zero attached hydrogens (tertiary/aromatic N) is 1. The van der Waals surface area contributed by atoms with Crippen LogP contribution in [0.2, 0.25) is 0 Å². The Morgan fingerprint density at radius 2 is 1.80 bits per heavy atom. The molecule has 1 heterocycles. The van der Waals surface area contributed by atoms with Crippen molar-refractivity contribution in [3.8, 4) is 0 Å². The number of rotatable bonds is 2. The maximum Gasteiger partial charge on any atom is 0.227 e. The summed E-state index contributed by atoms with van der Waals surface area (Å²) in [7, 11) is 0. The molecular formula is C17H22FNO. The topological polar surface area (TPSA) is 20.3 Å². The number of carbonyl (C=O) groups excluding carboxylic acids is 1. The molecule has 0 N–H and O–H groups in total. The Morgan fingerprint density at radius 3 is 2.50 bits per heavy atom. The summed E-state index contributed by atoms with van der Waals surface area (Å²) >= 11 is 0. The number of benzene rings is 1. The van der Waals surface area contributed by atoms with Crippen molar-refractivity contribution in [1.29, 1.82) is 0 Å². The van der Waals surface area contributed by atoms with Crippen LogP contribution < -0.4 is 0 Å². The smallest absolute Gasteiger partial charge is 0.227 e. The minimum absolute atomic E-state index is 0.194. The Kier molecular flexibility index (Phi) is 3.77. The predicted octanol–water partition coefficient (Wildman–Crippen LogP) is 3.55. The summed E-state index contributed by atoms with van der Waals surface area (Å²) in [5.74, 6) is -0.0532. The monoisotopic (exact) mass is 275 g/mol. The van der Waals surface area contributed by atoms with Gasteiger partial charge >= 0.3 is 0 Å². The third-order valence-corrected chi connectivity index (χ3v) is 4.97. The molecular weight excluding hydrogens is 253 g/mol. The Hall–Kier alpha value is -1.38. The Bertz CT molecular complexity index is 476. The molecule has 2 nitrogen and oxygen atoms in total. The Balaban J connectivity index is 1.59. The first kappa shape index (κ1) is 13.6. The average Bonchev–Trinajstić information content (AvgIpc) is 2.86. The first-order valence-electron chi connectivity index (χ1n) is 7.69. The molecule has 1 saturated carbocycles. The Labute approximate surface area is 120 Å². The van der Waals surface area contributed by atoms with E-state index in [2.05, 4.69) is 0 Å². The summed E-state index contributed by atoms with van der Waals surface area (Å²) in [5.41, 5.74) is 1.32. The van der Waals surface area contributed by atoms with Gasteiger partial charge in [-0.2, -0.15) is 0 Å². The van der Waals surface area contributed by atoms with Gasteiger partial charge in [0, 0.05) is 13.1 Å². The highest BCUT2D eigenvalue weighted by Gasteiger charge is 2.40. The van der Waals surface area contributed by atoms with Crippen LogP contribution in [0, 0.1) is 11.2 Å². The highest BCUT2D eigenvalue weighted by Crippen LogP contribution is 2.43. The second-order valence-corrected chi connectivity index (χ2v) is 6.43. The molecule has 1 aromatic carbocycles. The van der Waals surface area contributed by atoms with Gasteiger partial charge in [-0.3, -0.25) is 4.79 Å². The van der Waals surface area contributed by atoms with Gasteiger partial charge in [-0.25, -0.2) is 4.39 Å². The van der Waals surface area contributed by atoms with E-state index in [0.29, 0.717) is 11.8 Å². The predicted molar refractivity (Wildman–Crippen MR) is 76.8 cm³/mol. The van der Waals surface area contributed by atoms with Gasteiger partial charge in [0.1, 0.15) is 5.82 Å². The van der Waals surface area contributed by atoms with Crippen molar-refractivity contribution >= 4 is 5.91 Å². The number of halogens is 1. The first-order chi connectivity index (χ1) is 9.67. The van der Waals surface area contributed by atoms with Crippen LogP contribution in [-0.2, 0) is 11.2 Å². The van der Waals surface area contributed by atoms with E-state index in [1.54, 1.807) is 12.1 Å². The van der Waals surface area contributed by atoms with E-state index >= 15 is 0 Å². The van der Waals surface area contributed by atoms with E-state index in [9.17, 15) is 9.18 Å². The van der Waals surface area contributed by atoms with Crippen LogP contribution in [0.25, 0.3) is 0 Å². The van der Waals surface area contributed by atoms with Crippen LogP contribution in [0.4, 0.5) is 4.39 Å². The van der Waals surface area contributed by atoms with Crippen LogP contribution in [0.15, 0.2) is 24.3 Å². The lowest BCUT2D eigenvalue weighted by Gasteiger charge is -2.33.